The lowest BCUT2D eigenvalue weighted by molar-refractivity contribution is -0.153. The summed E-state index contributed by atoms with van der Waals surface area (Å²) in [6.07, 6.45) is -4.43. The Morgan fingerprint density at radius 1 is 1.11 bits per heavy atom. The Morgan fingerprint density at radius 2 is 1.89 bits per heavy atom. The molecule has 0 aliphatic carbocycles. The molecule has 3 rings (SSSR count). The molecule has 1 N–H and O–H groups in total. The fourth-order valence-electron chi connectivity index (χ4n) is 2.07. The van der Waals surface area contributed by atoms with E-state index in [1.54, 1.807) is 0 Å². The van der Waals surface area contributed by atoms with E-state index in [2.05, 4.69) is 15.0 Å². The van der Waals surface area contributed by atoms with Gasteiger partial charge < -0.3 is 9.47 Å². The van der Waals surface area contributed by atoms with E-state index in [1.165, 1.54) is 36.4 Å². The first kappa shape index (κ1) is 18.9. The highest BCUT2D eigenvalue weighted by molar-refractivity contribution is 7.22. The Balaban J connectivity index is 1.60. The van der Waals surface area contributed by atoms with Gasteiger partial charge in [-0.3, -0.25) is 10.1 Å². The number of benzene rings is 2. The fraction of sp³-hybridized carbons (Fsp3) is 0.176. The maximum atomic E-state index is 13.0. The van der Waals surface area contributed by atoms with Crippen LogP contribution < -0.4 is 14.8 Å². The summed E-state index contributed by atoms with van der Waals surface area (Å²) in [7, 11) is 0. The molecule has 3 aromatic rings. The third-order valence-corrected chi connectivity index (χ3v) is 4.11. The van der Waals surface area contributed by atoms with Gasteiger partial charge in [0.2, 0.25) is 0 Å². The number of aromatic nitrogens is 1. The monoisotopic (exact) mass is 400 g/mol. The normalized spacial score (nSPS) is 11.4. The number of nitrogens with zero attached hydrogens (tertiary/aromatic N) is 1. The highest BCUT2D eigenvalue weighted by Crippen LogP contribution is 2.30. The third-order valence-electron chi connectivity index (χ3n) is 3.17. The lowest BCUT2D eigenvalue weighted by Crippen LogP contribution is -2.20. The third kappa shape index (κ3) is 5.55. The van der Waals surface area contributed by atoms with Crippen LogP contribution in [0.4, 0.5) is 22.7 Å². The molecule has 0 aliphatic heterocycles. The average Bonchev–Trinajstić information content (AvgIpc) is 2.99. The second-order valence-corrected chi connectivity index (χ2v) is 6.38. The van der Waals surface area contributed by atoms with Crippen LogP contribution in [-0.2, 0) is 4.79 Å². The topological polar surface area (TPSA) is 60.5 Å². The molecule has 0 spiro atoms. The highest BCUT2D eigenvalue weighted by Gasteiger charge is 2.28. The van der Waals surface area contributed by atoms with Crippen LogP contribution in [0.25, 0.3) is 10.2 Å². The van der Waals surface area contributed by atoms with Crippen molar-refractivity contribution in [1.29, 1.82) is 0 Å². The van der Waals surface area contributed by atoms with E-state index in [-0.39, 0.29) is 23.2 Å². The number of hydrogen-bond donors (Lipinski definition) is 1. The van der Waals surface area contributed by atoms with Crippen LogP contribution in [0.5, 0.6) is 11.5 Å². The summed E-state index contributed by atoms with van der Waals surface area (Å²) >= 11 is 1.08. The van der Waals surface area contributed by atoms with Gasteiger partial charge in [0.15, 0.2) is 18.3 Å². The van der Waals surface area contributed by atoms with Crippen molar-refractivity contribution in [2.24, 2.45) is 0 Å². The van der Waals surface area contributed by atoms with Crippen molar-refractivity contribution >= 4 is 32.6 Å². The molecule has 0 saturated carbocycles. The molecule has 0 radical (unpaired) electrons. The molecule has 1 heterocycles. The molecule has 0 aliphatic rings. The van der Waals surface area contributed by atoms with E-state index in [1.807, 2.05) is 0 Å². The summed E-state index contributed by atoms with van der Waals surface area (Å²) in [5.74, 6) is -0.730. The first-order valence-electron chi connectivity index (χ1n) is 7.57. The number of rotatable bonds is 6. The Kier molecular flexibility index (Phi) is 5.45. The number of alkyl halides is 3. The van der Waals surface area contributed by atoms with Crippen LogP contribution >= 0.6 is 11.3 Å². The highest BCUT2D eigenvalue weighted by atomic mass is 32.1. The molecule has 0 atom stereocenters. The first-order chi connectivity index (χ1) is 12.8. The minimum absolute atomic E-state index is 0.0517. The lowest BCUT2D eigenvalue weighted by atomic mass is 10.3. The van der Waals surface area contributed by atoms with Crippen molar-refractivity contribution in [1.82, 2.24) is 4.98 Å². The van der Waals surface area contributed by atoms with E-state index in [0.29, 0.717) is 10.2 Å². The van der Waals surface area contributed by atoms with Crippen LogP contribution in [0.3, 0.4) is 0 Å². The minimum Gasteiger partial charge on any atom is -0.484 e. The number of amides is 1. The summed E-state index contributed by atoms with van der Waals surface area (Å²) in [5, 5.41) is 2.78. The number of anilines is 1. The zero-order valence-electron chi connectivity index (χ0n) is 13.5. The molecule has 0 unspecified atom stereocenters. The smallest absolute Gasteiger partial charge is 0.422 e. The predicted molar refractivity (Wildman–Crippen MR) is 91.7 cm³/mol. The Hall–Kier alpha value is -2.88. The van der Waals surface area contributed by atoms with Crippen molar-refractivity contribution in [3.05, 3.63) is 48.3 Å². The van der Waals surface area contributed by atoms with Crippen LogP contribution in [0.2, 0.25) is 0 Å². The number of halogens is 4. The van der Waals surface area contributed by atoms with E-state index in [9.17, 15) is 22.4 Å². The lowest BCUT2D eigenvalue weighted by Gasteiger charge is -2.08. The predicted octanol–water partition coefficient (Wildman–Crippen LogP) is 4.39. The molecule has 1 aromatic heterocycles. The number of carbonyl (C=O) groups is 1. The van der Waals surface area contributed by atoms with Crippen molar-refractivity contribution < 1.29 is 31.8 Å². The number of carbonyl (C=O) groups excluding carboxylic acids is 1. The van der Waals surface area contributed by atoms with Crippen molar-refractivity contribution in [3.8, 4) is 11.5 Å². The zero-order valence-corrected chi connectivity index (χ0v) is 14.4. The average molecular weight is 400 g/mol. The molecule has 142 valence electrons. The largest absolute Gasteiger partial charge is 0.484 e. The van der Waals surface area contributed by atoms with Gasteiger partial charge in [-0.1, -0.05) is 17.4 Å². The molecule has 0 bridgehead atoms. The van der Waals surface area contributed by atoms with E-state index in [4.69, 9.17) is 4.74 Å². The molecule has 0 saturated heterocycles. The van der Waals surface area contributed by atoms with Gasteiger partial charge in [-0.05, 0) is 30.3 Å². The summed E-state index contributed by atoms with van der Waals surface area (Å²) in [6, 6.07) is 9.64. The summed E-state index contributed by atoms with van der Waals surface area (Å²) in [5.41, 5.74) is 0.501. The molecular formula is C17H12F4N2O3S. The minimum atomic E-state index is -4.43. The number of nitrogens with one attached hydrogen (secondary N) is 1. The van der Waals surface area contributed by atoms with Crippen LogP contribution in [0.1, 0.15) is 0 Å². The van der Waals surface area contributed by atoms with Gasteiger partial charge in [0, 0.05) is 6.07 Å². The molecular weight excluding hydrogens is 388 g/mol. The van der Waals surface area contributed by atoms with E-state index >= 15 is 0 Å². The molecule has 0 fully saturated rings. The Bertz CT molecular complexity index is 959. The zero-order chi connectivity index (χ0) is 19.4. The quantitative estimate of drug-likeness (QED) is 0.624. The van der Waals surface area contributed by atoms with Crippen LogP contribution in [0.15, 0.2) is 42.5 Å². The SMILES string of the molecule is O=C(COc1cccc(F)c1)Nc1nc2ccc(OCC(F)(F)F)cc2s1. The summed E-state index contributed by atoms with van der Waals surface area (Å²) in [6.45, 7) is -1.74. The van der Waals surface area contributed by atoms with E-state index in [0.717, 1.165) is 17.4 Å². The van der Waals surface area contributed by atoms with Gasteiger partial charge in [-0.2, -0.15) is 13.2 Å². The molecule has 10 heteroatoms. The van der Waals surface area contributed by atoms with Crippen molar-refractivity contribution in [2.45, 2.75) is 6.18 Å². The Morgan fingerprint density at radius 3 is 2.63 bits per heavy atom. The maximum absolute atomic E-state index is 13.0. The van der Waals surface area contributed by atoms with Gasteiger partial charge in [-0.25, -0.2) is 9.37 Å². The summed E-state index contributed by atoms with van der Waals surface area (Å²) < 4.78 is 60.1. The van der Waals surface area contributed by atoms with Gasteiger partial charge in [-0.15, -0.1) is 0 Å². The molecule has 5 nitrogen and oxygen atoms in total. The second-order valence-electron chi connectivity index (χ2n) is 5.35. The maximum Gasteiger partial charge on any atom is 0.422 e. The Labute approximate surface area is 154 Å². The second kappa shape index (κ2) is 7.78. The number of thiazole rings is 1. The molecule has 27 heavy (non-hydrogen) atoms. The standard InChI is InChI=1S/C17H12F4N2O3S/c18-10-2-1-3-11(6-10)25-8-15(24)23-16-22-13-5-4-12(7-14(13)27-16)26-9-17(19,20)21/h1-7H,8-9H2,(H,22,23,24). The van der Waals surface area contributed by atoms with Crippen LogP contribution in [-0.4, -0.2) is 30.3 Å². The fourth-order valence-corrected chi connectivity index (χ4v) is 2.98. The number of fused-ring (bicyclic) bond motifs is 1. The molecule has 1 amide bonds. The number of ether oxygens (including phenoxy) is 2. The summed E-state index contributed by atoms with van der Waals surface area (Å²) in [4.78, 5) is 16.1. The number of hydrogen-bond acceptors (Lipinski definition) is 5. The van der Waals surface area contributed by atoms with E-state index < -0.39 is 24.5 Å². The van der Waals surface area contributed by atoms with Gasteiger partial charge in [0.1, 0.15) is 17.3 Å². The van der Waals surface area contributed by atoms with Gasteiger partial charge >= 0.3 is 6.18 Å². The van der Waals surface area contributed by atoms with Crippen molar-refractivity contribution in [2.75, 3.05) is 18.5 Å². The van der Waals surface area contributed by atoms with Gasteiger partial charge in [0.05, 0.1) is 10.2 Å². The van der Waals surface area contributed by atoms with Gasteiger partial charge in [0.25, 0.3) is 5.91 Å². The van der Waals surface area contributed by atoms with Crippen LogP contribution in [0, 0.1) is 5.82 Å². The van der Waals surface area contributed by atoms with Crippen molar-refractivity contribution in [3.63, 3.8) is 0 Å². The molecule has 2 aromatic carbocycles. The first-order valence-corrected chi connectivity index (χ1v) is 8.38.